The van der Waals surface area contributed by atoms with E-state index in [2.05, 4.69) is 13.8 Å². The van der Waals surface area contributed by atoms with Gasteiger partial charge in [-0.05, 0) is 11.8 Å². The molecular formula is C19H37B. The highest BCUT2D eigenvalue weighted by Crippen LogP contribution is 2.39. The van der Waals surface area contributed by atoms with E-state index in [0.29, 0.717) is 5.82 Å². The smallest absolute Gasteiger partial charge is 0.0699 e. The predicted octanol–water partition coefficient (Wildman–Crippen LogP) is 6.69. The minimum atomic E-state index is 0.507. The molecule has 0 aromatic carbocycles. The van der Waals surface area contributed by atoms with E-state index in [4.69, 9.17) is 7.85 Å². The second-order valence-corrected chi connectivity index (χ2v) is 7.13. The van der Waals surface area contributed by atoms with Crippen molar-refractivity contribution < 1.29 is 0 Å². The van der Waals surface area contributed by atoms with Gasteiger partial charge in [0.1, 0.15) is 0 Å². The standard InChI is InChI=1S/C19H37B/c1-3-5-7-9-11-17(12-10-8-6-4-2)18-13-15-19(20)16-14-18/h17-19H,3-16H2,1-2H3. The first kappa shape index (κ1) is 18.1. The van der Waals surface area contributed by atoms with Crippen LogP contribution in [0.25, 0.3) is 0 Å². The van der Waals surface area contributed by atoms with Crippen molar-refractivity contribution in [3.8, 4) is 0 Å². The van der Waals surface area contributed by atoms with Crippen LogP contribution in [0, 0.1) is 11.8 Å². The SMILES string of the molecule is [B]C1CCC(C(CCCCCC)CCCCCC)CC1. The van der Waals surface area contributed by atoms with Crippen LogP contribution in [0.15, 0.2) is 0 Å². The predicted molar refractivity (Wildman–Crippen MR) is 92.5 cm³/mol. The van der Waals surface area contributed by atoms with Gasteiger partial charge in [0.05, 0.1) is 7.85 Å². The summed E-state index contributed by atoms with van der Waals surface area (Å²) in [7, 11) is 6.08. The fourth-order valence-corrected chi connectivity index (χ4v) is 3.90. The van der Waals surface area contributed by atoms with Gasteiger partial charge in [0.2, 0.25) is 0 Å². The Morgan fingerprint density at radius 2 is 1.25 bits per heavy atom. The van der Waals surface area contributed by atoms with Crippen molar-refractivity contribution in [1.82, 2.24) is 0 Å². The molecule has 0 bridgehead atoms. The summed E-state index contributed by atoms with van der Waals surface area (Å²) < 4.78 is 0. The maximum Gasteiger partial charge on any atom is 0.0699 e. The Balaban J connectivity index is 2.29. The first-order valence-corrected chi connectivity index (χ1v) is 9.53. The fourth-order valence-electron chi connectivity index (χ4n) is 3.90. The Kier molecular flexibility index (Phi) is 10.6. The molecule has 0 aromatic heterocycles. The molecule has 0 atom stereocenters. The van der Waals surface area contributed by atoms with Crippen molar-refractivity contribution in [3.05, 3.63) is 0 Å². The van der Waals surface area contributed by atoms with Crippen LogP contribution in [-0.2, 0) is 0 Å². The van der Waals surface area contributed by atoms with Gasteiger partial charge < -0.3 is 0 Å². The molecule has 1 fully saturated rings. The lowest BCUT2D eigenvalue weighted by atomic mass is 9.67. The number of unbranched alkanes of at least 4 members (excludes halogenated alkanes) is 6. The average molecular weight is 276 g/mol. The quantitative estimate of drug-likeness (QED) is 0.291. The summed E-state index contributed by atoms with van der Waals surface area (Å²) in [4.78, 5) is 0. The first-order valence-electron chi connectivity index (χ1n) is 9.53. The third kappa shape index (κ3) is 7.74. The van der Waals surface area contributed by atoms with Crippen LogP contribution < -0.4 is 0 Å². The summed E-state index contributed by atoms with van der Waals surface area (Å²) in [6.45, 7) is 4.62. The van der Waals surface area contributed by atoms with E-state index in [1.54, 1.807) is 0 Å². The number of hydrogen-bond donors (Lipinski definition) is 0. The average Bonchev–Trinajstić information content (AvgIpc) is 2.47. The fraction of sp³-hybridized carbons (Fsp3) is 1.00. The molecule has 1 heteroatoms. The van der Waals surface area contributed by atoms with Crippen molar-refractivity contribution in [2.24, 2.45) is 11.8 Å². The summed E-state index contributed by atoms with van der Waals surface area (Å²) in [5.74, 6) is 2.52. The normalized spacial score (nSPS) is 23.4. The second kappa shape index (κ2) is 11.7. The lowest BCUT2D eigenvalue weighted by molar-refractivity contribution is 0.215. The highest BCUT2D eigenvalue weighted by molar-refractivity contribution is 6.11. The number of rotatable bonds is 11. The first-order chi connectivity index (χ1) is 9.77. The molecule has 0 nitrogen and oxygen atoms in total. The van der Waals surface area contributed by atoms with E-state index < -0.39 is 0 Å². The molecule has 1 aliphatic carbocycles. The molecular weight excluding hydrogens is 239 g/mol. The maximum atomic E-state index is 6.08. The molecule has 20 heavy (non-hydrogen) atoms. The third-order valence-corrected chi connectivity index (χ3v) is 5.34. The van der Waals surface area contributed by atoms with E-state index in [9.17, 15) is 0 Å². The summed E-state index contributed by atoms with van der Waals surface area (Å²) in [6.07, 6.45) is 19.8. The van der Waals surface area contributed by atoms with E-state index in [-0.39, 0.29) is 0 Å². The molecule has 2 radical (unpaired) electrons. The van der Waals surface area contributed by atoms with E-state index in [1.807, 2.05) is 0 Å². The van der Waals surface area contributed by atoms with Crippen molar-refractivity contribution in [2.45, 2.75) is 110 Å². The molecule has 116 valence electrons. The van der Waals surface area contributed by atoms with Gasteiger partial charge in [0.15, 0.2) is 0 Å². The van der Waals surface area contributed by atoms with Gasteiger partial charge >= 0.3 is 0 Å². The van der Waals surface area contributed by atoms with Gasteiger partial charge in [-0.1, -0.05) is 110 Å². The van der Waals surface area contributed by atoms with Crippen molar-refractivity contribution >= 4 is 7.85 Å². The molecule has 1 saturated carbocycles. The van der Waals surface area contributed by atoms with Gasteiger partial charge in [0.25, 0.3) is 0 Å². The summed E-state index contributed by atoms with van der Waals surface area (Å²) in [5.41, 5.74) is 0. The minimum Gasteiger partial charge on any atom is -0.0774 e. The largest absolute Gasteiger partial charge is 0.0774 e. The Bertz CT molecular complexity index is 194. The maximum absolute atomic E-state index is 6.08. The molecule has 1 aliphatic rings. The Labute approximate surface area is 129 Å². The molecule has 0 aliphatic heterocycles. The molecule has 0 aromatic rings. The van der Waals surface area contributed by atoms with Crippen LogP contribution in [0.3, 0.4) is 0 Å². The molecule has 1 rings (SSSR count). The van der Waals surface area contributed by atoms with Crippen LogP contribution in [-0.4, -0.2) is 7.85 Å². The van der Waals surface area contributed by atoms with Crippen molar-refractivity contribution in [2.75, 3.05) is 0 Å². The van der Waals surface area contributed by atoms with E-state index in [0.717, 1.165) is 11.8 Å². The number of hydrogen-bond acceptors (Lipinski definition) is 0. The highest BCUT2D eigenvalue weighted by Gasteiger charge is 2.25. The molecule has 0 saturated heterocycles. The topological polar surface area (TPSA) is 0 Å². The van der Waals surface area contributed by atoms with Crippen molar-refractivity contribution in [1.29, 1.82) is 0 Å². The van der Waals surface area contributed by atoms with Gasteiger partial charge in [-0.15, -0.1) is 0 Å². The van der Waals surface area contributed by atoms with Crippen LogP contribution in [0.1, 0.15) is 104 Å². The van der Waals surface area contributed by atoms with Gasteiger partial charge in [-0.2, -0.15) is 0 Å². The van der Waals surface area contributed by atoms with Crippen LogP contribution in [0.5, 0.6) is 0 Å². The van der Waals surface area contributed by atoms with Gasteiger partial charge in [-0.25, -0.2) is 0 Å². The Hall–Kier alpha value is 0.0649. The summed E-state index contributed by atoms with van der Waals surface area (Å²) >= 11 is 0. The van der Waals surface area contributed by atoms with Crippen LogP contribution >= 0.6 is 0 Å². The van der Waals surface area contributed by atoms with Gasteiger partial charge in [-0.3, -0.25) is 0 Å². The zero-order chi connectivity index (χ0) is 14.6. The molecule has 0 unspecified atom stereocenters. The molecule has 0 amide bonds. The second-order valence-electron chi connectivity index (χ2n) is 7.13. The van der Waals surface area contributed by atoms with Gasteiger partial charge in [0, 0.05) is 0 Å². The lowest BCUT2D eigenvalue weighted by Gasteiger charge is -2.33. The van der Waals surface area contributed by atoms with Crippen molar-refractivity contribution in [3.63, 3.8) is 0 Å². The lowest BCUT2D eigenvalue weighted by Crippen LogP contribution is -2.20. The molecule has 0 N–H and O–H groups in total. The van der Waals surface area contributed by atoms with E-state index in [1.165, 1.54) is 89.9 Å². The molecule has 0 spiro atoms. The van der Waals surface area contributed by atoms with Crippen LogP contribution in [0.2, 0.25) is 5.82 Å². The third-order valence-electron chi connectivity index (χ3n) is 5.34. The summed E-state index contributed by atoms with van der Waals surface area (Å²) in [6, 6.07) is 0. The Morgan fingerprint density at radius 1 is 0.750 bits per heavy atom. The monoisotopic (exact) mass is 276 g/mol. The van der Waals surface area contributed by atoms with E-state index >= 15 is 0 Å². The Morgan fingerprint density at radius 3 is 1.70 bits per heavy atom. The highest BCUT2D eigenvalue weighted by atomic mass is 14.3. The summed E-state index contributed by atoms with van der Waals surface area (Å²) in [5, 5.41) is 0. The zero-order valence-corrected chi connectivity index (χ0v) is 14.2. The zero-order valence-electron chi connectivity index (χ0n) is 14.2. The minimum absolute atomic E-state index is 0.507. The molecule has 0 heterocycles. The van der Waals surface area contributed by atoms with Crippen LogP contribution in [0.4, 0.5) is 0 Å².